The summed E-state index contributed by atoms with van der Waals surface area (Å²) in [7, 11) is 1.84. The molecule has 0 fully saturated rings. The lowest BCUT2D eigenvalue weighted by Crippen LogP contribution is -2.13. The topological polar surface area (TPSA) is 81.9 Å². The third kappa shape index (κ3) is 4.99. The maximum atomic E-state index is 13.0. The fraction of sp³-hybridized carbons (Fsp3) is 0.111. The monoisotopic (exact) mass is 503 g/mol. The van der Waals surface area contributed by atoms with E-state index < -0.39 is 17.6 Å². The van der Waals surface area contributed by atoms with Crippen LogP contribution in [0.3, 0.4) is 0 Å². The van der Waals surface area contributed by atoms with E-state index in [1.165, 1.54) is 18.2 Å². The van der Waals surface area contributed by atoms with Crippen molar-refractivity contribution < 1.29 is 22.7 Å². The number of ether oxygens (including phenoxy) is 1. The van der Waals surface area contributed by atoms with Gasteiger partial charge in [-0.15, -0.1) is 0 Å². The van der Waals surface area contributed by atoms with Gasteiger partial charge in [-0.25, -0.2) is 4.98 Å². The standard InChI is InChI=1S/C27H20F3N5O2/c1-16-8-9-17(25(36)32-20-7-3-6-19(14-20)27(28,29)30)13-22(16)37-26-23-21(10-12-35(23)2)33-24(34-26)18-5-4-11-31-15-18/h3-15H,1-2H3,(H,32,36). The van der Waals surface area contributed by atoms with Crippen LogP contribution in [0.25, 0.3) is 22.4 Å². The third-order valence-electron chi connectivity index (χ3n) is 5.71. The number of pyridine rings is 1. The number of carbonyl (C=O) groups is 1. The van der Waals surface area contributed by atoms with E-state index >= 15 is 0 Å². The molecule has 0 aliphatic carbocycles. The number of anilines is 1. The first-order chi connectivity index (χ1) is 17.7. The zero-order valence-corrected chi connectivity index (χ0v) is 19.7. The molecule has 7 nitrogen and oxygen atoms in total. The quantitative estimate of drug-likeness (QED) is 0.300. The Labute approximate surface area is 209 Å². The molecule has 5 aromatic rings. The number of aromatic nitrogens is 4. The average molecular weight is 503 g/mol. The summed E-state index contributed by atoms with van der Waals surface area (Å²) in [6.07, 6.45) is 0.629. The minimum atomic E-state index is -4.51. The van der Waals surface area contributed by atoms with Crippen molar-refractivity contribution in [1.29, 1.82) is 0 Å². The van der Waals surface area contributed by atoms with E-state index in [-0.39, 0.29) is 17.1 Å². The number of carbonyl (C=O) groups excluding carboxylic acids is 1. The van der Waals surface area contributed by atoms with E-state index in [0.29, 0.717) is 28.2 Å². The summed E-state index contributed by atoms with van der Waals surface area (Å²) >= 11 is 0. The smallest absolute Gasteiger partial charge is 0.416 e. The summed E-state index contributed by atoms with van der Waals surface area (Å²) in [5.74, 6) is 0.509. The number of benzene rings is 2. The molecule has 1 amide bonds. The van der Waals surface area contributed by atoms with Gasteiger partial charge >= 0.3 is 6.18 Å². The van der Waals surface area contributed by atoms with Gasteiger partial charge in [-0.2, -0.15) is 18.2 Å². The molecule has 2 aromatic carbocycles. The number of nitrogens with one attached hydrogen (secondary N) is 1. The second kappa shape index (κ2) is 9.38. The molecule has 37 heavy (non-hydrogen) atoms. The normalized spacial score (nSPS) is 11.5. The maximum absolute atomic E-state index is 13.0. The minimum Gasteiger partial charge on any atom is -0.437 e. The number of rotatable bonds is 5. The van der Waals surface area contributed by atoms with Gasteiger partial charge in [-0.3, -0.25) is 9.78 Å². The molecular formula is C27H20F3N5O2. The second-order valence-electron chi connectivity index (χ2n) is 8.37. The molecule has 0 saturated heterocycles. The molecule has 0 aliphatic rings. The number of nitrogens with zero attached hydrogens (tertiary/aromatic N) is 4. The summed E-state index contributed by atoms with van der Waals surface area (Å²) in [5.41, 5.74) is 2.17. The van der Waals surface area contributed by atoms with Crippen LogP contribution in [0.4, 0.5) is 18.9 Å². The van der Waals surface area contributed by atoms with Gasteiger partial charge in [0.1, 0.15) is 11.3 Å². The Bertz CT molecular complexity index is 1610. The van der Waals surface area contributed by atoms with Gasteiger partial charge in [0.2, 0.25) is 5.88 Å². The number of aryl methyl sites for hydroxylation is 2. The van der Waals surface area contributed by atoms with Crippen molar-refractivity contribution in [3.63, 3.8) is 0 Å². The number of hydrogen-bond donors (Lipinski definition) is 1. The third-order valence-corrected chi connectivity index (χ3v) is 5.71. The van der Waals surface area contributed by atoms with E-state index in [9.17, 15) is 18.0 Å². The van der Waals surface area contributed by atoms with Crippen LogP contribution in [-0.4, -0.2) is 25.4 Å². The van der Waals surface area contributed by atoms with Crippen LogP contribution in [-0.2, 0) is 13.2 Å². The van der Waals surface area contributed by atoms with Crippen molar-refractivity contribution in [1.82, 2.24) is 19.5 Å². The summed E-state index contributed by atoms with van der Waals surface area (Å²) in [5, 5.41) is 2.52. The summed E-state index contributed by atoms with van der Waals surface area (Å²) in [4.78, 5) is 26.2. The zero-order chi connectivity index (χ0) is 26.2. The largest absolute Gasteiger partial charge is 0.437 e. The van der Waals surface area contributed by atoms with Crippen molar-refractivity contribution in [2.24, 2.45) is 7.05 Å². The average Bonchev–Trinajstić information content (AvgIpc) is 3.26. The summed E-state index contributed by atoms with van der Waals surface area (Å²) < 4.78 is 47.2. The molecule has 1 N–H and O–H groups in total. The second-order valence-corrected chi connectivity index (χ2v) is 8.37. The molecule has 5 rings (SSSR count). The Morgan fingerprint density at radius 3 is 2.62 bits per heavy atom. The SMILES string of the molecule is Cc1ccc(C(=O)Nc2cccc(C(F)(F)F)c2)cc1Oc1nc(-c2cccnc2)nc2ccn(C)c12. The van der Waals surface area contributed by atoms with Crippen LogP contribution in [0, 0.1) is 6.92 Å². The molecule has 10 heteroatoms. The molecule has 0 unspecified atom stereocenters. The van der Waals surface area contributed by atoms with Gasteiger partial charge in [0.25, 0.3) is 5.91 Å². The molecule has 0 aliphatic heterocycles. The maximum Gasteiger partial charge on any atom is 0.416 e. The molecular weight excluding hydrogens is 483 g/mol. The van der Waals surface area contributed by atoms with Crippen molar-refractivity contribution in [2.75, 3.05) is 5.32 Å². The Kier molecular flexibility index (Phi) is 6.08. The highest BCUT2D eigenvalue weighted by atomic mass is 19.4. The highest BCUT2D eigenvalue weighted by molar-refractivity contribution is 6.04. The number of hydrogen-bond acceptors (Lipinski definition) is 5. The zero-order valence-electron chi connectivity index (χ0n) is 19.7. The number of alkyl halides is 3. The fourth-order valence-electron chi connectivity index (χ4n) is 3.78. The first-order valence-corrected chi connectivity index (χ1v) is 11.2. The lowest BCUT2D eigenvalue weighted by atomic mass is 10.1. The van der Waals surface area contributed by atoms with Crippen LogP contribution < -0.4 is 10.1 Å². The molecule has 3 aromatic heterocycles. The Morgan fingerprint density at radius 1 is 1.03 bits per heavy atom. The molecule has 0 bridgehead atoms. The summed E-state index contributed by atoms with van der Waals surface area (Å²) in [6.45, 7) is 1.81. The van der Waals surface area contributed by atoms with E-state index in [0.717, 1.165) is 17.7 Å². The van der Waals surface area contributed by atoms with Gasteiger partial charge in [-0.1, -0.05) is 12.1 Å². The highest BCUT2D eigenvalue weighted by Crippen LogP contribution is 2.33. The summed E-state index contributed by atoms with van der Waals surface area (Å²) in [6, 6.07) is 14.7. The minimum absolute atomic E-state index is 0.0327. The number of halogens is 3. The van der Waals surface area contributed by atoms with Gasteiger partial charge in [-0.05, 0) is 61.0 Å². The molecule has 3 heterocycles. The molecule has 186 valence electrons. The first-order valence-electron chi connectivity index (χ1n) is 11.2. The van der Waals surface area contributed by atoms with Crippen LogP contribution in [0.1, 0.15) is 21.5 Å². The number of amides is 1. The lowest BCUT2D eigenvalue weighted by Gasteiger charge is -2.13. The van der Waals surface area contributed by atoms with E-state index in [1.54, 1.807) is 30.6 Å². The van der Waals surface area contributed by atoms with Crippen LogP contribution in [0.15, 0.2) is 79.3 Å². The molecule has 0 spiro atoms. The first kappa shape index (κ1) is 24.0. The van der Waals surface area contributed by atoms with Gasteiger partial charge < -0.3 is 14.6 Å². The predicted octanol–water partition coefficient (Wildman–Crippen LogP) is 6.40. The molecule has 0 atom stereocenters. The van der Waals surface area contributed by atoms with Crippen molar-refractivity contribution >= 4 is 22.6 Å². The highest BCUT2D eigenvalue weighted by Gasteiger charge is 2.30. The number of fused-ring (bicyclic) bond motifs is 1. The van der Waals surface area contributed by atoms with E-state index in [2.05, 4.69) is 20.3 Å². The van der Waals surface area contributed by atoms with Crippen molar-refractivity contribution in [3.8, 4) is 23.0 Å². The van der Waals surface area contributed by atoms with Gasteiger partial charge in [0, 0.05) is 42.5 Å². The predicted molar refractivity (Wildman–Crippen MR) is 132 cm³/mol. The van der Waals surface area contributed by atoms with Crippen molar-refractivity contribution in [3.05, 3.63) is 95.9 Å². The van der Waals surface area contributed by atoms with Gasteiger partial charge in [0.15, 0.2) is 5.82 Å². The van der Waals surface area contributed by atoms with Crippen molar-refractivity contribution in [2.45, 2.75) is 13.1 Å². The van der Waals surface area contributed by atoms with Gasteiger partial charge in [0.05, 0.1) is 11.1 Å². The van der Waals surface area contributed by atoms with Crippen LogP contribution >= 0.6 is 0 Å². The molecule has 0 saturated carbocycles. The van der Waals surface area contributed by atoms with E-state index in [1.807, 2.05) is 36.9 Å². The Morgan fingerprint density at radius 2 is 1.86 bits per heavy atom. The van der Waals surface area contributed by atoms with E-state index in [4.69, 9.17) is 4.74 Å². The fourth-order valence-corrected chi connectivity index (χ4v) is 3.78. The Hall–Kier alpha value is -4.73. The van der Waals surface area contributed by atoms with Crippen LogP contribution in [0.5, 0.6) is 11.6 Å². The Balaban J connectivity index is 1.47. The molecule has 0 radical (unpaired) electrons. The lowest BCUT2D eigenvalue weighted by molar-refractivity contribution is -0.137. The van der Waals surface area contributed by atoms with Crippen LogP contribution in [0.2, 0.25) is 0 Å².